The van der Waals surface area contributed by atoms with Gasteiger partial charge in [-0.1, -0.05) is 23.7 Å². The van der Waals surface area contributed by atoms with E-state index in [-0.39, 0.29) is 17.4 Å². The van der Waals surface area contributed by atoms with Gasteiger partial charge in [0.25, 0.3) is 0 Å². The molecule has 4 rings (SSSR count). The minimum atomic E-state index is -3.67. The van der Waals surface area contributed by atoms with Gasteiger partial charge in [0.2, 0.25) is 5.91 Å². The quantitative estimate of drug-likeness (QED) is 0.862. The number of hydrogen-bond acceptors (Lipinski definition) is 3. The summed E-state index contributed by atoms with van der Waals surface area (Å²) < 4.78 is 35.2. The van der Waals surface area contributed by atoms with Crippen LogP contribution in [0.15, 0.2) is 36.4 Å². The highest BCUT2D eigenvalue weighted by Crippen LogP contribution is 2.52. The average molecular weight is 366 g/mol. The maximum absolute atomic E-state index is 13.2. The number of benzene rings is 2. The van der Waals surface area contributed by atoms with Gasteiger partial charge in [-0.3, -0.25) is 4.79 Å². The highest BCUT2D eigenvalue weighted by atomic mass is 35.5. The van der Waals surface area contributed by atoms with Crippen molar-refractivity contribution in [2.45, 2.75) is 31.5 Å². The lowest BCUT2D eigenvalue weighted by Crippen LogP contribution is -2.28. The number of halogens is 3. The Kier molecular flexibility index (Phi) is 3.44. The zero-order valence-corrected chi connectivity index (χ0v) is 14.0. The summed E-state index contributed by atoms with van der Waals surface area (Å²) >= 11 is 6.08. The van der Waals surface area contributed by atoms with E-state index in [0.29, 0.717) is 29.1 Å². The third kappa shape index (κ3) is 2.80. The fourth-order valence-electron chi connectivity index (χ4n) is 2.94. The van der Waals surface area contributed by atoms with Crippen molar-refractivity contribution >= 4 is 23.2 Å². The van der Waals surface area contributed by atoms with Crippen LogP contribution in [-0.2, 0) is 10.2 Å². The molecule has 2 aliphatic rings. The Bertz CT molecular complexity index is 881. The predicted molar refractivity (Wildman–Crippen MR) is 88.4 cm³/mol. The zero-order valence-electron chi connectivity index (χ0n) is 13.2. The van der Waals surface area contributed by atoms with Crippen molar-refractivity contribution in [2.75, 3.05) is 5.32 Å². The Balaban J connectivity index is 1.58. The van der Waals surface area contributed by atoms with Crippen LogP contribution in [0.5, 0.6) is 11.5 Å². The molecule has 0 radical (unpaired) electrons. The second-order valence-corrected chi connectivity index (χ2v) is 6.74. The molecule has 0 saturated heterocycles. The molecule has 1 aliphatic carbocycles. The SMILES string of the molecule is Cc1ccc(NC(=O)C2(c3ccc4c(c3)OC(F)(F)O4)CC2)cc1Cl. The standard InChI is InChI=1S/C18H14ClF2NO3/c1-10-2-4-12(9-13(10)19)22-16(23)17(6-7-17)11-3-5-14-15(8-11)25-18(20,21)24-14/h2-5,8-9H,6-7H2,1H3,(H,22,23). The number of aryl methyl sites for hydroxylation is 1. The molecule has 4 nitrogen and oxygen atoms in total. The number of alkyl halides is 2. The van der Waals surface area contributed by atoms with Crippen LogP contribution in [0.2, 0.25) is 5.02 Å². The minimum absolute atomic E-state index is 0.0322. The number of ether oxygens (including phenoxy) is 2. The minimum Gasteiger partial charge on any atom is -0.395 e. The lowest BCUT2D eigenvalue weighted by Gasteiger charge is -2.16. The molecule has 1 amide bonds. The van der Waals surface area contributed by atoms with Crippen molar-refractivity contribution in [3.63, 3.8) is 0 Å². The van der Waals surface area contributed by atoms with Crippen LogP contribution in [0.25, 0.3) is 0 Å². The van der Waals surface area contributed by atoms with Crippen molar-refractivity contribution in [3.05, 3.63) is 52.5 Å². The third-order valence-corrected chi connectivity index (χ3v) is 4.98. The van der Waals surface area contributed by atoms with E-state index in [2.05, 4.69) is 14.8 Å². The van der Waals surface area contributed by atoms with E-state index in [9.17, 15) is 13.6 Å². The molecular formula is C18H14ClF2NO3. The van der Waals surface area contributed by atoms with Gasteiger partial charge in [-0.05, 0) is 55.2 Å². The van der Waals surface area contributed by atoms with Gasteiger partial charge in [0.15, 0.2) is 11.5 Å². The number of carbonyl (C=O) groups is 1. The summed E-state index contributed by atoms with van der Waals surface area (Å²) in [7, 11) is 0. The highest BCUT2D eigenvalue weighted by molar-refractivity contribution is 6.31. The summed E-state index contributed by atoms with van der Waals surface area (Å²) in [6.45, 7) is 1.87. The van der Waals surface area contributed by atoms with E-state index in [1.807, 2.05) is 13.0 Å². The Morgan fingerprint density at radius 1 is 1.12 bits per heavy atom. The first-order chi connectivity index (χ1) is 11.8. The van der Waals surface area contributed by atoms with Crippen LogP contribution in [0.1, 0.15) is 24.0 Å². The lowest BCUT2D eigenvalue weighted by molar-refractivity contribution is -0.286. The number of nitrogens with one attached hydrogen (secondary N) is 1. The second-order valence-electron chi connectivity index (χ2n) is 6.33. The van der Waals surface area contributed by atoms with Gasteiger partial charge in [0.05, 0.1) is 5.41 Å². The first-order valence-electron chi connectivity index (χ1n) is 7.77. The zero-order chi connectivity index (χ0) is 17.8. The Morgan fingerprint density at radius 3 is 2.52 bits per heavy atom. The molecule has 0 aromatic heterocycles. The van der Waals surface area contributed by atoms with E-state index in [0.717, 1.165) is 5.56 Å². The summed E-state index contributed by atoms with van der Waals surface area (Å²) in [5, 5.41) is 3.41. The van der Waals surface area contributed by atoms with Gasteiger partial charge in [0.1, 0.15) is 0 Å². The second kappa shape index (κ2) is 5.33. The molecule has 1 aliphatic heterocycles. The molecule has 1 saturated carbocycles. The molecule has 0 bridgehead atoms. The number of anilines is 1. The van der Waals surface area contributed by atoms with Crippen molar-refractivity contribution in [2.24, 2.45) is 0 Å². The van der Waals surface area contributed by atoms with Crippen molar-refractivity contribution < 1.29 is 23.0 Å². The van der Waals surface area contributed by atoms with Crippen LogP contribution >= 0.6 is 11.6 Å². The summed E-state index contributed by atoms with van der Waals surface area (Å²) in [5.74, 6) is -0.284. The molecule has 7 heteroatoms. The van der Waals surface area contributed by atoms with Gasteiger partial charge >= 0.3 is 6.29 Å². The number of carbonyl (C=O) groups excluding carboxylic acids is 1. The number of rotatable bonds is 3. The van der Waals surface area contributed by atoms with Crippen molar-refractivity contribution in [1.82, 2.24) is 0 Å². The van der Waals surface area contributed by atoms with Gasteiger partial charge < -0.3 is 14.8 Å². The Morgan fingerprint density at radius 2 is 1.84 bits per heavy atom. The number of hydrogen-bond donors (Lipinski definition) is 1. The van der Waals surface area contributed by atoms with Gasteiger partial charge in [-0.25, -0.2) is 0 Å². The monoisotopic (exact) mass is 365 g/mol. The first kappa shape index (κ1) is 16.1. The maximum atomic E-state index is 13.2. The summed E-state index contributed by atoms with van der Waals surface area (Å²) in [5.41, 5.74) is 1.40. The molecule has 0 unspecified atom stereocenters. The van der Waals surface area contributed by atoms with Gasteiger partial charge in [-0.15, -0.1) is 8.78 Å². The van der Waals surface area contributed by atoms with E-state index < -0.39 is 11.7 Å². The average Bonchev–Trinajstić information content (AvgIpc) is 3.28. The van der Waals surface area contributed by atoms with Gasteiger partial charge in [-0.2, -0.15) is 0 Å². The lowest BCUT2D eigenvalue weighted by atomic mass is 9.94. The van der Waals surface area contributed by atoms with E-state index in [1.54, 1.807) is 18.2 Å². The maximum Gasteiger partial charge on any atom is 0.586 e. The summed E-state index contributed by atoms with van der Waals surface area (Å²) in [6.07, 6.45) is -2.40. The summed E-state index contributed by atoms with van der Waals surface area (Å²) in [4.78, 5) is 12.7. The smallest absolute Gasteiger partial charge is 0.395 e. The molecular weight excluding hydrogens is 352 g/mol. The molecule has 2 aromatic rings. The molecule has 0 spiro atoms. The normalized spacial score (nSPS) is 18.7. The molecule has 25 heavy (non-hydrogen) atoms. The molecule has 1 fully saturated rings. The molecule has 0 atom stereocenters. The Hall–Kier alpha value is -2.34. The number of amides is 1. The fourth-order valence-corrected chi connectivity index (χ4v) is 3.12. The highest BCUT2D eigenvalue weighted by Gasteiger charge is 2.52. The van der Waals surface area contributed by atoms with Crippen LogP contribution in [-0.4, -0.2) is 12.2 Å². The van der Waals surface area contributed by atoms with E-state index in [1.165, 1.54) is 12.1 Å². The molecule has 130 valence electrons. The van der Waals surface area contributed by atoms with Crippen LogP contribution < -0.4 is 14.8 Å². The first-order valence-corrected chi connectivity index (χ1v) is 8.15. The van der Waals surface area contributed by atoms with Gasteiger partial charge in [0, 0.05) is 10.7 Å². The Labute approximate surface area is 147 Å². The molecule has 1 heterocycles. The predicted octanol–water partition coefficient (Wildman–Crippen LogP) is 4.64. The largest absolute Gasteiger partial charge is 0.586 e. The van der Waals surface area contributed by atoms with Crippen LogP contribution in [0, 0.1) is 6.92 Å². The van der Waals surface area contributed by atoms with Crippen molar-refractivity contribution in [1.29, 1.82) is 0 Å². The third-order valence-electron chi connectivity index (χ3n) is 4.57. The van der Waals surface area contributed by atoms with E-state index in [4.69, 9.17) is 11.6 Å². The topological polar surface area (TPSA) is 47.6 Å². The van der Waals surface area contributed by atoms with Crippen LogP contribution in [0.3, 0.4) is 0 Å². The number of fused-ring (bicyclic) bond motifs is 1. The van der Waals surface area contributed by atoms with E-state index >= 15 is 0 Å². The molecule has 1 N–H and O–H groups in total. The fraction of sp³-hybridized carbons (Fsp3) is 0.278. The summed E-state index contributed by atoms with van der Waals surface area (Å²) in [6, 6.07) is 9.76. The molecule has 2 aromatic carbocycles. The van der Waals surface area contributed by atoms with Crippen molar-refractivity contribution in [3.8, 4) is 11.5 Å². The van der Waals surface area contributed by atoms with Crippen LogP contribution in [0.4, 0.5) is 14.5 Å².